The number of carboxylic acid groups (broad SMARTS) is 1. The zero-order valence-electron chi connectivity index (χ0n) is 12.1. The number of nitrogens with zero attached hydrogens (tertiary/aromatic N) is 2. The van der Waals surface area contributed by atoms with E-state index in [2.05, 4.69) is 0 Å². The lowest BCUT2D eigenvalue weighted by Crippen LogP contribution is -2.31. The Balaban J connectivity index is 2.32. The molecular formula is C15H20N2O3. The van der Waals surface area contributed by atoms with Gasteiger partial charge in [0, 0.05) is 25.8 Å². The molecule has 1 fully saturated rings. The van der Waals surface area contributed by atoms with E-state index in [4.69, 9.17) is 0 Å². The maximum atomic E-state index is 12.1. The van der Waals surface area contributed by atoms with Gasteiger partial charge >= 0.3 is 12.0 Å². The van der Waals surface area contributed by atoms with Crippen molar-refractivity contribution in [1.29, 1.82) is 0 Å². The van der Waals surface area contributed by atoms with Gasteiger partial charge in [-0.15, -0.1) is 0 Å². The average Bonchev–Trinajstić information content (AvgIpc) is 2.70. The van der Waals surface area contributed by atoms with E-state index < -0.39 is 11.4 Å². The minimum Gasteiger partial charge on any atom is -0.481 e. The second-order valence-electron chi connectivity index (χ2n) is 5.85. The molecule has 5 heteroatoms. The highest BCUT2D eigenvalue weighted by Crippen LogP contribution is 2.30. The third-order valence-electron chi connectivity index (χ3n) is 3.71. The predicted molar refractivity (Wildman–Crippen MR) is 76.9 cm³/mol. The molecule has 1 aliphatic rings. The van der Waals surface area contributed by atoms with E-state index in [1.165, 1.54) is 0 Å². The lowest BCUT2D eigenvalue weighted by molar-refractivity contribution is -0.146. The van der Waals surface area contributed by atoms with Crippen molar-refractivity contribution >= 4 is 17.7 Å². The van der Waals surface area contributed by atoms with Crippen LogP contribution in [0.15, 0.2) is 24.3 Å². The summed E-state index contributed by atoms with van der Waals surface area (Å²) in [5, 5.41) is 9.26. The number of amides is 2. The number of carbonyl (C=O) groups excluding carboxylic acids is 1. The van der Waals surface area contributed by atoms with Crippen LogP contribution in [0.4, 0.5) is 10.5 Å². The Kier molecular flexibility index (Phi) is 3.70. The minimum atomic E-state index is -0.856. The Labute approximate surface area is 118 Å². The minimum absolute atomic E-state index is 0.0365. The van der Waals surface area contributed by atoms with Gasteiger partial charge in [0.05, 0.1) is 5.41 Å². The van der Waals surface area contributed by atoms with Crippen molar-refractivity contribution in [2.75, 3.05) is 25.0 Å². The maximum absolute atomic E-state index is 12.1. The zero-order chi connectivity index (χ0) is 14.9. The molecule has 1 N–H and O–H groups in total. The summed E-state index contributed by atoms with van der Waals surface area (Å²) in [5.41, 5.74) is 0.852. The van der Waals surface area contributed by atoms with E-state index in [9.17, 15) is 14.7 Å². The average molecular weight is 276 g/mol. The van der Waals surface area contributed by atoms with Gasteiger partial charge in [-0.1, -0.05) is 18.2 Å². The van der Waals surface area contributed by atoms with E-state index in [0.29, 0.717) is 19.5 Å². The second-order valence-corrected chi connectivity index (χ2v) is 5.85. The van der Waals surface area contributed by atoms with Crippen molar-refractivity contribution in [3.8, 4) is 0 Å². The van der Waals surface area contributed by atoms with Crippen LogP contribution < -0.4 is 4.90 Å². The molecule has 0 radical (unpaired) electrons. The van der Waals surface area contributed by atoms with Crippen molar-refractivity contribution in [2.24, 2.45) is 5.41 Å². The number of carbonyl (C=O) groups is 2. The summed E-state index contributed by atoms with van der Waals surface area (Å²) in [7, 11) is 1.77. The van der Waals surface area contributed by atoms with Gasteiger partial charge in [-0.05, 0) is 31.9 Å². The summed E-state index contributed by atoms with van der Waals surface area (Å²) in [6.07, 6.45) is 0.395. The number of rotatable bonds is 4. The van der Waals surface area contributed by atoms with Crippen molar-refractivity contribution in [3.05, 3.63) is 29.8 Å². The molecule has 0 spiro atoms. The van der Waals surface area contributed by atoms with Gasteiger partial charge in [-0.3, -0.25) is 9.69 Å². The molecule has 1 aromatic carbocycles. The van der Waals surface area contributed by atoms with Crippen LogP contribution in [-0.2, 0) is 11.2 Å². The highest BCUT2D eigenvalue weighted by Gasteiger charge is 2.32. The Bertz CT molecular complexity index is 540. The molecule has 5 nitrogen and oxygen atoms in total. The van der Waals surface area contributed by atoms with Gasteiger partial charge in [0.2, 0.25) is 0 Å². The molecule has 0 atom stereocenters. The summed E-state index contributed by atoms with van der Waals surface area (Å²) in [6, 6.07) is 7.49. The molecule has 0 aromatic heterocycles. The molecule has 0 saturated carbocycles. The van der Waals surface area contributed by atoms with Gasteiger partial charge in [-0.2, -0.15) is 0 Å². The van der Waals surface area contributed by atoms with Gasteiger partial charge < -0.3 is 10.0 Å². The first-order valence-electron chi connectivity index (χ1n) is 6.67. The summed E-state index contributed by atoms with van der Waals surface area (Å²) in [5.74, 6) is -0.836. The van der Waals surface area contributed by atoms with Gasteiger partial charge in [-0.25, -0.2) is 4.79 Å². The molecule has 1 heterocycles. The van der Waals surface area contributed by atoms with E-state index >= 15 is 0 Å². The van der Waals surface area contributed by atoms with Crippen molar-refractivity contribution < 1.29 is 14.7 Å². The van der Waals surface area contributed by atoms with E-state index in [1.54, 1.807) is 30.7 Å². The Morgan fingerprint density at radius 3 is 2.50 bits per heavy atom. The normalized spacial score (nSPS) is 15.8. The summed E-state index contributed by atoms with van der Waals surface area (Å²) < 4.78 is 0. The highest BCUT2D eigenvalue weighted by molar-refractivity contribution is 5.94. The van der Waals surface area contributed by atoms with Crippen LogP contribution >= 0.6 is 0 Å². The first-order chi connectivity index (χ1) is 9.33. The molecular weight excluding hydrogens is 256 g/mol. The lowest BCUT2D eigenvalue weighted by Gasteiger charge is -2.24. The Morgan fingerprint density at radius 2 is 1.95 bits per heavy atom. The summed E-state index contributed by atoms with van der Waals surface area (Å²) in [4.78, 5) is 26.8. The van der Waals surface area contributed by atoms with Crippen LogP contribution in [-0.4, -0.2) is 42.1 Å². The van der Waals surface area contributed by atoms with Crippen LogP contribution in [0, 0.1) is 5.41 Å². The number of likely N-dealkylation sites (N-methyl/N-ethyl adjacent to an activating group) is 1. The van der Waals surface area contributed by atoms with Crippen LogP contribution in [0.3, 0.4) is 0 Å². The lowest BCUT2D eigenvalue weighted by atomic mass is 9.85. The van der Waals surface area contributed by atoms with Gasteiger partial charge in [0.25, 0.3) is 0 Å². The quantitative estimate of drug-likeness (QED) is 0.917. The van der Waals surface area contributed by atoms with E-state index in [0.717, 1.165) is 11.3 Å². The number of hydrogen-bond donors (Lipinski definition) is 1. The predicted octanol–water partition coefficient (Wildman–Crippen LogP) is 2.21. The first kappa shape index (κ1) is 14.4. The Hall–Kier alpha value is -2.04. The molecule has 0 unspecified atom stereocenters. The van der Waals surface area contributed by atoms with Crippen LogP contribution in [0.25, 0.3) is 0 Å². The molecule has 108 valence electrons. The fraction of sp³-hybridized carbons (Fsp3) is 0.467. The fourth-order valence-electron chi connectivity index (χ4n) is 2.35. The largest absolute Gasteiger partial charge is 0.481 e. The van der Waals surface area contributed by atoms with Crippen molar-refractivity contribution in [3.63, 3.8) is 0 Å². The zero-order valence-corrected chi connectivity index (χ0v) is 12.1. The molecule has 0 aliphatic carbocycles. The van der Waals surface area contributed by atoms with Crippen LogP contribution in [0.5, 0.6) is 0 Å². The number of anilines is 1. The standard InChI is InChI=1S/C15H20N2O3/c1-15(2,13(18)19)10-11-6-4-5-7-12(11)17-9-8-16(3)14(17)20/h4-7H,8-10H2,1-3H3,(H,18,19). The van der Waals surface area contributed by atoms with E-state index in [-0.39, 0.29) is 6.03 Å². The molecule has 1 aromatic rings. The topological polar surface area (TPSA) is 60.9 Å². The number of benzene rings is 1. The molecule has 1 saturated heterocycles. The number of carboxylic acids is 1. The molecule has 0 bridgehead atoms. The summed E-state index contributed by atoms with van der Waals surface area (Å²) >= 11 is 0. The monoisotopic (exact) mass is 276 g/mol. The molecule has 1 aliphatic heterocycles. The SMILES string of the molecule is CN1CCN(c2ccccc2CC(C)(C)C(=O)O)C1=O. The van der Waals surface area contributed by atoms with Crippen LogP contribution in [0.2, 0.25) is 0 Å². The molecule has 20 heavy (non-hydrogen) atoms. The van der Waals surface area contributed by atoms with Gasteiger partial charge in [0.15, 0.2) is 0 Å². The third kappa shape index (κ3) is 2.61. The van der Waals surface area contributed by atoms with Crippen molar-refractivity contribution in [1.82, 2.24) is 4.90 Å². The first-order valence-corrected chi connectivity index (χ1v) is 6.67. The molecule has 2 amide bonds. The smallest absolute Gasteiger partial charge is 0.324 e. The molecule has 2 rings (SSSR count). The van der Waals surface area contributed by atoms with Gasteiger partial charge in [0.1, 0.15) is 0 Å². The number of hydrogen-bond acceptors (Lipinski definition) is 2. The second kappa shape index (κ2) is 5.15. The highest BCUT2D eigenvalue weighted by atomic mass is 16.4. The van der Waals surface area contributed by atoms with Crippen LogP contribution in [0.1, 0.15) is 19.4 Å². The maximum Gasteiger partial charge on any atom is 0.324 e. The fourth-order valence-corrected chi connectivity index (χ4v) is 2.35. The number of para-hydroxylation sites is 1. The number of urea groups is 1. The number of aliphatic carboxylic acids is 1. The summed E-state index contributed by atoms with van der Waals surface area (Å²) in [6.45, 7) is 4.73. The van der Waals surface area contributed by atoms with E-state index in [1.807, 2.05) is 24.3 Å². The Morgan fingerprint density at radius 1 is 1.30 bits per heavy atom. The van der Waals surface area contributed by atoms with Crippen molar-refractivity contribution in [2.45, 2.75) is 20.3 Å². The third-order valence-corrected chi connectivity index (χ3v) is 3.71.